The quantitative estimate of drug-likeness (QED) is 0.727. The van der Waals surface area contributed by atoms with Gasteiger partial charge in [-0.1, -0.05) is 5.16 Å². The number of nitrogens with zero attached hydrogens (tertiary/aromatic N) is 4. The number of hydrogen-bond donors (Lipinski definition) is 2. The molecule has 0 aliphatic heterocycles. The fraction of sp³-hybridized carbons (Fsp3) is 0.133. The van der Waals surface area contributed by atoms with E-state index in [1.165, 1.54) is 12.3 Å². The maximum atomic E-state index is 11.9. The maximum absolute atomic E-state index is 11.9. The molecule has 0 atom stereocenters. The van der Waals surface area contributed by atoms with E-state index in [9.17, 15) is 9.90 Å². The summed E-state index contributed by atoms with van der Waals surface area (Å²) in [5.41, 5.74) is 0.735. The molecular weight excluding hydrogens is 298 g/mol. The van der Waals surface area contributed by atoms with Crippen LogP contribution in [0, 0.1) is 0 Å². The van der Waals surface area contributed by atoms with Crippen molar-refractivity contribution in [2.45, 2.75) is 6.42 Å². The predicted octanol–water partition coefficient (Wildman–Crippen LogP) is 1.20. The molecule has 3 rings (SSSR count). The Balaban J connectivity index is 1.56. The summed E-state index contributed by atoms with van der Waals surface area (Å²) < 4.78 is 5.13. The van der Waals surface area contributed by atoms with Crippen LogP contribution in [0.4, 0.5) is 0 Å². The van der Waals surface area contributed by atoms with Gasteiger partial charge in [-0.15, -0.1) is 0 Å². The van der Waals surface area contributed by atoms with Crippen LogP contribution in [-0.2, 0) is 6.42 Å². The molecule has 3 aromatic heterocycles. The van der Waals surface area contributed by atoms with Crippen LogP contribution in [0.2, 0.25) is 0 Å². The third-order valence-corrected chi connectivity index (χ3v) is 3.01. The van der Waals surface area contributed by atoms with Crippen molar-refractivity contribution in [3.8, 4) is 17.1 Å². The molecule has 0 saturated carbocycles. The number of carbonyl (C=O) groups is 1. The zero-order valence-corrected chi connectivity index (χ0v) is 12.0. The fourth-order valence-electron chi connectivity index (χ4n) is 1.91. The highest BCUT2D eigenvalue weighted by Crippen LogP contribution is 2.14. The van der Waals surface area contributed by atoms with Gasteiger partial charge in [-0.3, -0.25) is 9.78 Å². The van der Waals surface area contributed by atoms with Gasteiger partial charge in [0, 0.05) is 37.1 Å². The molecule has 116 valence electrons. The molecule has 0 radical (unpaired) electrons. The topological polar surface area (TPSA) is 114 Å². The first-order valence-corrected chi connectivity index (χ1v) is 6.89. The molecule has 8 heteroatoms. The lowest BCUT2D eigenvalue weighted by Gasteiger charge is -2.03. The Morgan fingerprint density at radius 1 is 1.26 bits per heavy atom. The van der Waals surface area contributed by atoms with Crippen molar-refractivity contribution in [1.82, 2.24) is 25.4 Å². The van der Waals surface area contributed by atoms with Crippen molar-refractivity contribution in [3.05, 3.63) is 54.4 Å². The number of amides is 1. The second kappa shape index (κ2) is 6.65. The highest BCUT2D eigenvalue weighted by Gasteiger charge is 2.13. The van der Waals surface area contributed by atoms with Crippen LogP contribution in [0.25, 0.3) is 11.4 Å². The summed E-state index contributed by atoms with van der Waals surface area (Å²) in [5, 5.41) is 16.1. The maximum Gasteiger partial charge on any atom is 0.273 e. The highest BCUT2D eigenvalue weighted by molar-refractivity contribution is 5.94. The van der Waals surface area contributed by atoms with Gasteiger partial charge in [-0.2, -0.15) is 4.98 Å². The SMILES string of the molecule is O=C(NCCc1nc(-c2cccnc2)no1)c1ncccc1O. The summed E-state index contributed by atoms with van der Waals surface area (Å²) in [6.07, 6.45) is 5.10. The zero-order valence-electron chi connectivity index (χ0n) is 12.0. The van der Waals surface area contributed by atoms with Gasteiger partial charge in [0.2, 0.25) is 11.7 Å². The Morgan fingerprint density at radius 3 is 2.91 bits per heavy atom. The van der Waals surface area contributed by atoms with E-state index in [2.05, 4.69) is 25.4 Å². The first-order chi connectivity index (χ1) is 11.2. The van der Waals surface area contributed by atoms with Crippen molar-refractivity contribution in [1.29, 1.82) is 0 Å². The summed E-state index contributed by atoms with van der Waals surface area (Å²) in [7, 11) is 0. The molecule has 3 aromatic rings. The molecule has 3 heterocycles. The average molecular weight is 311 g/mol. The molecule has 0 unspecified atom stereocenters. The van der Waals surface area contributed by atoms with Crippen LogP contribution in [0.15, 0.2) is 47.4 Å². The minimum atomic E-state index is -0.463. The third kappa shape index (κ3) is 3.49. The van der Waals surface area contributed by atoms with E-state index in [-0.39, 0.29) is 18.0 Å². The van der Waals surface area contributed by atoms with E-state index in [0.717, 1.165) is 5.56 Å². The van der Waals surface area contributed by atoms with Gasteiger partial charge in [0.15, 0.2) is 5.69 Å². The summed E-state index contributed by atoms with van der Waals surface area (Å²) in [4.78, 5) is 23.9. The first kappa shape index (κ1) is 14.6. The molecule has 0 aliphatic carbocycles. The fourth-order valence-corrected chi connectivity index (χ4v) is 1.91. The van der Waals surface area contributed by atoms with Crippen LogP contribution in [0.5, 0.6) is 5.75 Å². The van der Waals surface area contributed by atoms with Gasteiger partial charge in [0.1, 0.15) is 5.75 Å². The smallest absolute Gasteiger partial charge is 0.273 e. The lowest BCUT2D eigenvalue weighted by atomic mass is 10.3. The molecule has 1 amide bonds. The summed E-state index contributed by atoms with van der Waals surface area (Å²) in [5.74, 6) is 0.216. The van der Waals surface area contributed by atoms with Crippen LogP contribution >= 0.6 is 0 Å². The molecule has 23 heavy (non-hydrogen) atoms. The number of aromatic nitrogens is 4. The Labute approximate surface area is 131 Å². The number of carbonyl (C=O) groups excluding carboxylic acids is 1. The summed E-state index contributed by atoms with van der Waals surface area (Å²) >= 11 is 0. The Kier molecular flexibility index (Phi) is 4.23. The second-order valence-corrected chi connectivity index (χ2v) is 4.63. The van der Waals surface area contributed by atoms with Gasteiger partial charge >= 0.3 is 0 Å². The lowest BCUT2D eigenvalue weighted by molar-refractivity contribution is 0.0945. The van der Waals surface area contributed by atoms with Crippen molar-refractivity contribution >= 4 is 5.91 Å². The van der Waals surface area contributed by atoms with Crippen LogP contribution in [0.3, 0.4) is 0 Å². The van der Waals surface area contributed by atoms with E-state index < -0.39 is 5.91 Å². The Morgan fingerprint density at radius 2 is 2.13 bits per heavy atom. The first-order valence-electron chi connectivity index (χ1n) is 6.89. The number of pyridine rings is 2. The molecule has 0 bridgehead atoms. The van der Waals surface area contributed by atoms with E-state index in [1.807, 2.05) is 6.07 Å². The average Bonchev–Trinajstić information content (AvgIpc) is 3.05. The van der Waals surface area contributed by atoms with Crippen LogP contribution in [0.1, 0.15) is 16.4 Å². The normalized spacial score (nSPS) is 10.4. The van der Waals surface area contributed by atoms with Crippen molar-refractivity contribution < 1.29 is 14.4 Å². The van der Waals surface area contributed by atoms with Gasteiger partial charge < -0.3 is 14.9 Å². The largest absolute Gasteiger partial charge is 0.505 e. The van der Waals surface area contributed by atoms with E-state index in [1.54, 1.807) is 24.5 Å². The molecular formula is C15H13N5O3. The Hall–Kier alpha value is -3.29. The lowest BCUT2D eigenvalue weighted by Crippen LogP contribution is -2.26. The monoisotopic (exact) mass is 311 g/mol. The molecule has 2 N–H and O–H groups in total. The van der Waals surface area contributed by atoms with Gasteiger partial charge in [0.25, 0.3) is 5.91 Å². The number of nitrogens with one attached hydrogen (secondary N) is 1. The standard InChI is InChI=1S/C15H13N5O3/c21-11-4-2-7-17-13(11)15(22)18-8-5-12-19-14(20-23-12)10-3-1-6-16-9-10/h1-4,6-7,9,21H,5,8H2,(H,18,22). The van der Waals surface area contributed by atoms with Gasteiger partial charge in [-0.05, 0) is 24.3 Å². The molecule has 0 saturated heterocycles. The molecule has 0 fully saturated rings. The van der Waals surface area contributed by atoms with E-state index in [4.69, 9.17) is 4.52 Å². The second-order valence-electron chi connectivity index (χ2n) is 4.63. The molecule has 0 aromatic carbocycles. The molecule has 0 spiro atoms. The zero-order chi connectivity index (χ0) is 16.1. The number of hydrogen-bond acceptors (Lipinski definition) is 7. The van der Waals surface area contributed by atoms with Crippen LogP contribution in [-0.4, -0.2) is 37.7 Å². The third-order valence-electron chi connectivity index (χ3n) is 3.01. The number of aromatic hydroxyl groups is 1. The predicted molar refractivity (Wildman–Crippen MR) is 79.5 cm³/mol. The molecule has 8 nitrogen and oxygen atoms in total. The summed E-state index contributed by atoms with van der Waals surface area (Å²) in [6, 6.07) is 6.56. The van der Waals surface area contributed by atoms with E-state index >= 15 is 0 Å². The van der Waals surface area contributed by atoms with Crippen molar-refractivity contribution in [2.75, 3.05) is 6.54 Å². The van der Waals surface area contributed by atoms with Crippen molar-refractivity contribution in [3.63, 3.8) is 0 Å². The van der Waals surface area contributed by atoms with E-state index in [0.29, 0.717) is 18.1 Å². The Bertz CT molecular complexity index is 804. The van der Waals surface area contributed by atoms with Gasteiger partial charge in [0.05, 0.1) is 0 Å². The van der Waals surface area contributed by atoms with Crippen molar-refractivity contribution in [2.24, 2.45) is 0 Å². The minimum Gasteiger partial charge on any atom is -0.505 e. The summed E-state index contributed by atoms with van der Waals surface area (Å²) in [6.45, 7) is 0.281. The highest BCUT2D eigenvalue weighted by atomic mass is 16.5. The number of rotatable bonds is 5. The minimum absolute atomic E-state index is 0.0194. The van der Waals surface area contributed by atoms with Crippen LogP contribution < -0.4 is 5.32 Å². The van der Waals surface area contributed by atoms with Gasteiger partial charge in [-0.25, -0.2) is 4.98 Å². The molecule has 0 aliphatic rings.